The molecular formula is C15H35N3O. The van der Waals surface area contributed by atoms with Crippen molar-refractivity contribution in [2.24, 2.45) is 0 Å². The van der Waals surface area contributed by atoms with Gasteiger partial charge in [0.05, 0.1) is 0 Å². The lowest BCUT2D eigenvalue weighted by Gasteiger charge is -2.21. The largest absolute Gasteiger partial charge is 0.382 e. The number of ether oxygens (including phenoxy) is 1. The molecule has 0 amide bonds. The smallest absolute Gasteiger partial charge is 0.0466 e. The molecule has 0 saturated heterocycles. The average molecular weight is 273 g/mol. The van der Waals surface area contributed by atoms with E-state index in [1.165, 1.54) is 32.4 Å². The number of likely N-dealkylation sites (N-methyl/N-ethyl adjacent to an activating group) is 1. The summed E-state index contributed by atoms with van der Waals surface area (Å²) in [5.74, 6) is 0. The zero-order valence-corrected chi connectivity index (χ0v) is 13.6. The summed E-state index contributed by atoms with van der Waals surface area (Å²) in [5.41, 5.74) is 0. The Morgan fingerprint density at radius 2 is 1.68 bits per heavy atom. The van der Waals surface area contributed by atoms with Crippen LogP contribution in [0.2, 0.25) is 0 Å². The Hall–Kier alpha value is -0.160. The van der Waals surface area contributed by atoms with Crippen molar-refractivity contribution in [2.45, 2.75) is 33.1 Å². The number of hydrogen-bond acceptors (Lipinski definition) is 4. The van der Waals surface area contributed by atoms with Gasteiger partial charge in [-0.2, -0.15) is 0 Å². The molecule has 0 spiro atoms. The summed E-state index contributed by atoms with van der Waals surface area (Å²) in [5, 5.41) is 3.52. The van der Waals surface area contributed by atoms with Gasteiger partial charge >= 0.3 is 0 Å². The van der Waals surface area contributed by atoms with Gasteiger partial charge in [0, 0.05) is 26.3 Å². The van der Waals surface area contributed by atoms with Crippen LogP contribution in [0.25, 0.3) is 0 Å². The van der Waals surface area contributed by atoms with E-state index in [9.17, 15) is 0 Å². The molecule has 0 rings (SSSR count). The number of rotatable bonds is 14. The van der Waals surface area contributed by atoms with Crippen LogP contribution < -0.4 is 5.32 Å². The molecule has 0 radical (unpaired) electrons. The van der Waals surface area contributed by atoms with Crippen LogP contribution in [0.3, 0.4) is 0 Å². The van der Waals surface area contributed by atoms with Crippen molar-refractivity contribution >= 4 is 0 Å². The Balaban J connectivity index is 3.31. The normalized spacial score (nSPS) is 11.7. The number of unbranched alkanes of at least 4 members (excludes halogenated alkanes) is 1. The van der Waals surface area contributed by atoms with Gasteiger partial charge in [-0.25, -0.2) is 0 Å². The summed E-state index contributed by atoms with van der Waals surface area (Å²) in [7, 11) is 4.28. The highest BCUT2D eigenvalue weighted by atomic mass is 16.5. The third-order valence-electron chi connectivity index (χ3n) is 3.23. The summed E-state index contributed by atoms with van der Waals surface area (Å²) in [6.07, 6.45) is 3.64. The molecule has 0 atom stereocenters. The van der Waals surface area contributed by atoms with Crippen LogP contribution in [0.4, 0.5) is 0 Å². The SMILES string of the molecule is CCOCCCCNCCN(CC)CCCN(C)C. The fourth-order valence-electron chi connectivity index (χ4n) is 2.00. The quantitative estimate of drug-likeness (QED) is 0.487. The molecule has 0 unspecified atom stereocenters. The van der Waals surface area contributed by atoms with Gasteiger partial charge in [0.2, 0.25) is 0 Å². The Kier molecular flexibility index (Phi) is 14.1. The molecule has 0 bridgehead atoms. The zero-order chi connectivity index (χ0) is 14.3. The number of hydrogen-bond donors (Lipinski definition) is 1. The summed E-state index contributed by atoms with van der Waals surface area (Å²) in [4.78, 5) is 4.78. The van der Waals surface area contributed by atoms with Gasteiger partial charge in [0.25, 0.3) is 0 Å². The summed E-state index contributed by atoms with van der Waals surface area (Å²) in [6.45, 7) is 13.0. The molecule has 0 aromatic rings. The van der Waals surface area contributed by atoms with Crippen LogP contribution in [0.5, 0.6) is 0 Å². The molecule has 1 N–H and O–H groups in total. The van der Waals surface area contributed by atoms with E-state index in [0.717, 1.165) is 39.4 Å². The van der Waals surface area contributed by atoms with E-state index >= 15 is 0 Å². The molecule has 19 heavy (non-hydrogen) atoms. The van der Waals surface area contributed by atoms with E-state index in [0.29, 0.717) is 0 Å². The van der Waals surface area contributed by atoms with Gasteiger partial charge in [-0.05, 0) is 66.5 Å². The van der Waals surface area contributed by atoms with Crippen molar-refractivity contribution in [1.29, 1.82) is 0 Å². The van der Waals surface area contributed by atoms with Crippen molar-refractivity contribution in [3.8, 4) is 0 Å². The van der Waals surface area contributed by atoms with Crippen molar-refractivity contribution < 1.29 is 4.74 Å². The molecule has 0 aromatic heterocycles. The molecule has 0 saturated carbocycles. The number of nitrogens with zero attached hydrogens (tertiary/aromatic N) is 2. The molecule has 0 heterocycles. The Labute approximate surface area is 120 Å². The predicted molar refractivity (Wildman–Crippen MR) is 83.9 cm³/mol. The van der Waals surface area contributed by atoms with Crippen molar-refractivity contribution in [2.75, 3.05) is 66.6 Å². The van der Waals surface area contributed by atoms with Gasteiger partial charge in [0.15, 0.2) is 0 Å². The molecule has 0 aliphatic heterocycles. The zero-order valence-electron chi connectivity index (χ0n) is 13.6. The van der Waals surface area contributed by atoms with E-state index in [2.05, 4.69) is 36.1 Å². The molecule has 0 aromatic carbocycles. The van der Waals surface area contributed by atoms with E-state index < -0.39 is 0 Å². The summed E-state index contributed by atoms with van der Waals surface area (Å²) < 4.78 is 5.32. The first-order chi connectivity index (χ1) is 9.20. The highest BCUT2D eigenvalue weighted by Crippen LogP contribution is 1.92. The number of nitrogens with one attached hydrogen (secondary N) is 1. The van der Waals surface area contributed by atoms with Gasteiger partial charge < -0.3 is 19.9 Å². The fraction of sp³-hybridized carbons (Fsp3) is 1.00. The lowest BCUT2D eigenvalue weighted by molar-refractivity contribution is 0.143. The second-order valence-corrected chi connectivity index (χ2v) is 5.25. The Morgan fingerprint density at radius 1 is 0.895 bits per heavy atom. The van der Waals surface area contributed by atoms with Gasteiger partial charge in [-0.1, -0.05) is 6.92 Å². The van der Waals surface area contributed by atoms with E-state index in [1.54, 1.807) is 0 Å². The van der Waals surface area contributed by atoms with Gasteiger partial charge in [-0.15, -0.1) is 0 Å². The van der Waals surface area contributed by atoms with E-state index in [1.807, 2.05) is 6.92 Å². The van der Waals surface area contributed by atoms with Crippen LogP contribution >= 0.6 is 0 Å². The molecular weight excluding hydrogens is 238 g/mol. The Bertz CT molecular complexity index is 177. The minimum absolute atomic E-state index is 0.839. The molecule has 116 valence electrons. The van der Waals surface area contributed by atoms with Crippen LogP contribution in [0.15, 0.2) is 0 Å². The first-order valence-electron chi connectivity index (χ1n) is 7.86. The first kappa shape index (κ1) is 18.8. The fourth-order valence-corrected chi connectivity index (χ4v) is 2.00. The topological polar surface area (TPSA) is 27.7 Å². The van der Waals surface area contributed by atoms with E-state index in [4.69, 9.17) is 4.74 Å². The van der Waals surface area contributed by atoms with Crippen molar-refractivity contribution in [3.63, 3.8) is 0 Å². The van der Waals surface area contributed by atoms with Crippen LogP contribution in [0, 0.1) is 0 Å². The third kappa shape index (κ3) is 14.1. The minimum atomic E-state index is 0.839. The molecule has 0 fully saturated rings. The van der Waals surface area contributed by atoms with Crippen molar-refractivity contribution in [3.05, 3.63) is 0 Å². The molecule has 4 heteroatoms. The summed E-state index contributed by atoms with van der Waals surface area (Å²) in [6, 6.07) is 0. The lowest BCUT2D eigenvalue weighted by Crippen LogP contribution is -2.34. The maximum Gasteiger partial charge on any atom is 0.0466 e. The van der Waals surface area contributed by atoms with E-state index in [-0.39, 0.29) is 0 Å². The standard InChI is InChI=1S/C15H35N3O/c1-5-18(13-9-12-17(3)4)14-11-16-10-7-8-15-19-6-2/h16H,5-15H2,1-4H3. The van der Waals surface area contributed by atoms with Crippen molar-refractivity contribution in [1.82, 2.24) is 15.1 Å². The minimum Gasteiger partial charge on any atom is -0.382 e. The highest BCUT2D eigenvalue weighted by molar-refractivity contribution is 4.59. The molecule has 0 aliphatic carbocycles. The maximum atomic E-state index is 5.32. The third-order valence-corrected chi connectivity index (χ3v) is 3.23. The second-order valence-electron chi connectivity index (χ2n) is 5.25. The monoisotopic (exact) mass is 273 g/mol. The maximum absolute atomic E-state index is 5.32. The van der Waals surface area contributed by atoms with Gasteiger partial charge in [-0.3, -0.25) is 0 Å². The molecule has 0 aliphatic rings. The van der Waals surface area contributed by atoms with Gasteiger partial charge in [0.1, 0.15) is 0 Å². The molecule has 4 nitrogen and oxygen atoms in total. The Morgan fingerprint density at radius 3 is 2.32 bits per heavy atom. The second kappa shape index (κ2) is 14.3. The predicted octanol–water partition coefficient (Wildman–Crippen LogP) is 1.67. The van der Waals surface area contributed by atoms with Crippen LogP contribution in [0.1, 0.15) is 33.1 Å². The lowest BCUT2D eigenvalue weighted by atomic mass is 10.3. The summed E-state index contributed by atoms with van der Waals surface area (Å²) >= 11 is 0. The highest BCUT2D eigenvalue weighted by Gasteiger charge is 2.01. The van der Waals surface area contributed by atoms with Crippen LogP contribution in [-0.4, -0.2) is 76.4 Å². The average Bonchev–Trinajstić information content (AvgIpc) is 2.39. The van der Waals surface area contributed by atoms with Crippen LogP contribution in [-0.2, 0) is 4.74 Å². The first-order valence-corrected chi connectivity index (χ1v) is 7.86.